The van der Waals surface area contributed by atoms with E-state index in [9.17, 15) is 15.0 Å². The van der Waals surface area contributed by atoms with Crippen LogP contribution in [0.1, 0.15) is 26.2 Å². The molecule has 0 aromatic carbocycles. The van der Waals surface area contributed by atoms with E-state index in [1.54, 1.807) is 25.2 Å². The molecule has 0 bridgehead atoms. The maximum Gasteiger partial charge on any atom is 0.309 e. The number of ether oxygens (including phenoxy) is 1. The van der Waals surface area contributed by atoms with Gasteiger partial charge in [0.1, 0.15) is 6.10 Å². The van der Waals surface area contributed by atoms with Gasteiger partial charge in [0.25, 0.3) is 0 Å². The van der Waals surface area contributed by atoms with Crippen LogP contribution < -0.4 is 0 Å². The van der Waals surface area contributed by atoms with Crippen molar-refractivity contribution in [3.63, 3.8) is 0 Å². The average Bonchev–Trinajstić information content (AvgIpc) is 2.15. The monoisotopic (exact) mass is 226 g/mol. The van der Waals surface area contributed by atoms with Crippen molar-refractivity contribution in [2.75, 3.05) is 0 Å². The number of carbonyl (C=O) groups is 1. The van der Waals surface area contributed by atoms with Gasteiger partial charge < -0.3 is 14.9 Å². The molecule has 4 heteroatoms. The zero-order valence-corrected chi connectivity index (χ0v) is 9.37. The van der Waals surface area contributed by atoms with Crippen molar-refractivity contribution in [3.05, 3.63) is 24.3 Å². The lowest BCUT2D eigenvalue weighted by Crippen LogP contribution is -2.19. The molecule has 90 valence electrons. The molecule has 0 radical (unpaired) electrons. The van der Waals surface area contributed by atoms with E-state index in [4.69, 9.17) is 4.74 Å². The third-order valence-corrected chi connectivity index (χ3v) is 2.27. The third kappa shape index (κ3) is 5.09. The van der Waals surface area contributed by atoms with Gasteiger partial charge in [-0.15, -0.1) is 0 Å². The van der Waals surface area contributed by atoms with Crippen molar-refractivity contribution in [1.29, 1.82) is 0 Å². The minimum absolute atomic E-state index is 0.0410. The van der Waals surface area contributed by atoms with Gasteiger partial charge in [0.2, 0.25) is 0 Å². The van der Waals surface area contributed by atoms with Crippen molar-refractivity contribution in [2.45, 2.75) is 44.5 Å². The Kier molecular flexibility index (Phi) is 5.22. The van der Waals surface area contributed by atoms with Gasteiger partial charge in [-0.1, -0.05) is 24.3 Å². The predicted molar refractivity (Wildman–Crippen MR) is 59.7 cm³/mol. The molecule has 0 saturated carbocycles. The predicted octanol–water partition coefficient (Wildman–Crippen LogP) is 0.936. The lowest BCUT2D eigenvalue weighted by atomic mass is 10.1. The number of rotatable bonds is 0. The normalized spacial score (nSPS) is 32.7. The average molecular weight is 226 g/mol. The molecule has 1 aliphatic heterocycles. The lowest BCUT2D eigenvalue weighted by Gasteiger charge is -2.13. The van der Waals surface area contributed by atoms with Gasteiger partial charge >= 0.3 is 5.97 Å². The number of cyclic esters (lactones) is 1. The first kappa shape index (κ1) is 12.9. The van der Waals surface area contributed by atoms with E-state index >= 15 is 0 Å². The molecule has 2 N–H and O–H groups in total. The van der Waals surface area contributed by atoms with Crippen molar-refractivity contribution in [3.8, 4) is 0 Å². The summed E-state index contributed by atoms with van der Waals surface area (Å²) in [6.07, 6.45) is 5.99. The molecule has 1 aliphatic rings. The zero-order chi connectivity index (χ0) is 12.0. The number of aliphatic hydroxyl groups excluding tert-OH is 2. The van der Waals surface area contributed by atoms with Gasteiger partial charge in [-0.3, -0.25) is 4.79 Å². The van der Waals surface area contributed by atoms with Crippen LogP contribution in [0, 0.1) is 0 Å². The Morgan fingerprint density at radius 1 is 1.19 bits per heavy atom. The lowest BCUT2D eigenvalue weighted by molar-refractivity contribution is -0.149. The summed E-state index contributed by atoms with van der Waals surface area (Å²) in [6, 6.07) is 0. The molecular formula is C12H18O4. The van der Waals surface area contributed by atoms with Gasteiger partial charge in [-0.05, 0) is 13.3 Å². The van der Waals surface area contributed by atoms with Crippen molar-refractivity contribution < 1.29 is 19.7 Å². The molecule has 0 aliphatic carbocycles. The molecule has 1 rings (SSSR count). The molecule has 3 unspecified atom stereocenters. The van der Waals surface area contributed by atoms with Crippen LogP contribution >= 0.6 is 0 Å². The Morgan fingerprint density at radius 3 is 2.56 bits per heavy atom. The molecule has 0 amide bonds. The fourth-order valence-corrected chi connectivity index (χ4v) is 1.44. The molecule has 3 atom stereocenters. The zero-order valence-electron chi connectivity index (χ0n) is 9.37. The summed E-state index contributed by atoms with van der Waals surface area (Å²) in [5.41, 5.74) is 0. The summed E-state index contributed by atoms with van der Waals surface area (Å²) in [6.45, 7) is 1.78. The molecule has 0 aromatic rings. The van der Waals surface area contributed by atoms with E-state index in [2.05, 4.69) is 0 Å². The minimum Gasteiger partial charge on any atom is -0.462 e. The largest absolute Gasteiger partial charge is 0.462 e. The Hall–Kier alpha value is -1.13. The fourth-order valence-electron chi connectivity index (χ4n) is 1.44. The Bertz CT molecular complexity index is 283. The van der Waals surface area contributed by atoms with Crippen molar-refractivity contribution >= 4 is 5.97 Å². The molecule has 0 saturated heterocycles. The first-order chi connectivity index (χ1) is 7.58. The topological polar surface area (TPSA) is 66.8 Å². The summed E-state index contributed by atoms with van der Waals surface area (Å²) in [5, 5.41) is 18.9. The number of hydrogen-bond donors (Lipinski definition) is 2. The van der Waals surface area contributed by atoms with Gasteiger partial charge in [-0.2, -0.15) is 0 Å². The van der Waals surface area contributed by atoms with Crippen molar-refractivity contribution in [1.82, 2.24) is 0 Å². The van der Waals surface area contributed by atoms with E-state index in [0.717, 1.165) is 0 Å². The highest BCUT2D eigenvalue weighted by atomic mass is 16.5. The second-order valence-corrected chi connectivity index (χ2v) is 3.97. The standard InChI is InChI=1S/C12H18O4/c1-9-4-2-5-10(13)6-3-7-11(14)8-12(15)16-9/h2-3,5,7,9-11,13-14H,4,6,8H2,1H3. The number of hydrogen-bond acceptors (Lipinski definition) is 4. The van der Waals surface area contributed by atoms with Crippen LogP contribution in [0.15, 0.2) is 24.3 Å². The van der Waals surface area contributed by atoms with Crippen LogP contribution in [-0.4, -0.2) is 34.5 Å². The van der Waals surface area contributed by atoms with Crippen LogP contribution in [0.2, 0.25) is 0 Å². The maximum absolute atomic E-state index is 11.3. The Balaban J connectivity index is 2.63. The molecule has 1 heterocycles. The first-order valence-electron chi connectivity index (χ1n) is 5.47. The molecular weight excluding hydrogens is 208 g/mol. The number of esters is 1. The smallest absolute Gasteiger partial charge is 0.309 e. The fraction of sp³-hybridized carbons (Fsp3) is 0.583. The summed E-state index contributed by atoms with van der Waals surface area (Å²) >= 11 is 0. The van der Waals surface area contributed by atoms with Crippen LogP contribution in [-0.2, 0) is 9.53 Å². The first-order valence-corrected chi connectivity index (χ1v) is 5.47. The van der Waals surface area contributed by atoms with E-state index in [-0.39, 0.29) is 12.5 Å². The Labute approximate surface area is 95.2 Å². The summed E-state index contributed by atoms with van der Waals surface area (Å²) in [5.74, 6) is -0.404. The summed E-state index contributed by atoms with van der Waals surface area (Å²) in [4.78, 5) is 11.3. The van der Waals surface area contributed by atoms with E-state index < -0.39 is 18.2 Å². The number of aliphatic hydroxyl groups is 2. The van der Waals surface area contributed by atoms with Gasteiger partial charge in [-0.25, -0.2) is 0 Å². The Morgan fingerprint density at radius 2 is 1.81 bits per heavy atom. The van der Waals surface area contributed by atoms with Crippen molar-refractivity contribution in [2.24, 2.45) is 0 Å². The van der Waals surface area contributed by atoms with E-state index in [1.807, 2.05) is 0 Å². The van der Waals surface area contributed by atoms with E-state index in [1.165, 1.54) is 6.08 Å². The van der Waals surface area contributed by atoms with E-state index in [0.29, 0.717) is 12.8 Å². The molecule has 4 nitrogen and oxygen atoms in total. The molecule has 0 fully saturated rings. The highest BCUT2D eigenvalue weighted by molar-refractivity contribution is 5.70. The highest BCUT2D eigenvalue weighted by Crippen LogP contribution is 2.07. The molecule has 16 heavy (non-hydrogen) atoms. The highest BCUT2D eigenvalue weighted by Gasteiger charge is 2.13. The SMILES string of the molecule is CC1CC=CC(O)CC=CC(O)CC(=O)O1. The second kappa shape index (κ2) is 6.45. The number of carbonyl (C=O) groups excluding carboxylic acids is 1. The van der Waals surface area contributed by atoms with Crippen LogP contribution in [0.5, 0.6) is 0 Å². The van der Waals surface area contributed by atoms with Gasteiger partial charge in [0, 0.05) is 6.42 Å². The summed E-state index contributed by atoms with van der Waals surface area (Å²) in [7, 11) is 0. The van der Waals surface area contributed by atoms with Crippen LogP contribution in [0.4, 0.5) is 0 Å². The molecule has 0 spiro atoms. The van der Waals surface area contributed by atoms with Crippen LogP contribution in [0.25, 0.3) is 0 Å². The third-order valence-electron chi connectivity index (χ3n) is 2.27. The maximum atomic E-state index is 11.3. The molecule has 0 aromatic heterocycles. The second-order valence-electron chi connectivity index (χ2n) is 3.97. The summed E-state index contributed by atoms with van der Waals surface area (Å²) < 4.78 is 5.06. The quantitative estimate of drug-likeness (QED) is 0.476. The van der Waals surface area contributed by atoms with Crippen LogP contribution in [0.3, 0.4) is 0 Å². The van der Waals surface area contributed by atoms with Gasteiger partial charge in [0.15, 0.2) is 0 Å². The minimum atomic E-state index is -0.838. The van der Waals surface area contributed by atoms with Gasteiger partial charge in [0.05, 0.1) is 18.6 Å².